The first-order chi connectivity index (χ1) is 19.9. The summed E-state index contributed by atoms with van der Waals surface area (Å²) in [6.45, 7) is 9.58. The number of ether oxygens (including phenoxy) is 4. The highest BCUT2D eigenvalue weighted by molar-refractivity contribution is 6.31. The van der Waals surface area contributed by atoms with Crippen LogP contribution in [0.25, 0.3) is 21.5 Å². The van der Waals surface area contributed by atoms with Gasteiger partial charge in [0.2, 0.25) is 0 Å². The van der Waals surface area contributed by atoms with Crippen LogP contribution in [0.15, 0.2) is 42.5 Å². The minimum absolute atomic E-state index is 0.183. The summed E-state index contributed by atoms with van der Waals surface area (Å²) in [5, 5.41) is 9.42. The molecule has 2 N–H and O–H groups in total. The summed E-state index contributed by atoms with van der Waals surface area (Å²) in [5.74, 6) is 1.30. The van der Waals surface area contributed by atoms with E-state index in [1.807, 2.05) is 56.3 Å². The van der Waals surface area contributed by atoms with Crippen molar-refractivity contribution in [2.75, 3.05) is 26.3 Å². The fraction of sp³-hybridized carbons (Fsp3) is 0.500. The van der Waals surface area contributed by atoms with Crippen LogP contribution >= 0.6 is 11.6 Å². The van der Waals surface area contributed by atoms with Gasteiger partial charge in [-0.1, -0.05) is 76.4 Å². The quantitative estimate of drug-likeness (QED) is 0.130. The molecule has 0 aliphatic heterocycles. The molecule has 0 spiro atoms. The van der Waals surface area contributed by atoms with E-state index < -0.39 is 24.4 Å². The van der Waals surface area contributed by atoms with Crippen LogP contribution in [0.4, 0.5) is 9.59 Å². The van der Waals surface area contributed by atoms with Crippen molar-refractivity contribution >= 4 is 45.3 Å². The number of rotatable bonds is 16. The summed E-state index contributed by atoms with van der Waals surface area (Å²) in [6.07, 6.45) is 3.26. The van der Waals surface area contributed by atoms with E-state index in [1.165, 1.54) is 0 Å². The molecule has 0 fully saturated rings. The first-order valence-corrected chi connectivity index (χ1v) is 15.1. The van der Waals surface area contributed by atoms with Gasteiger partial charge in [0.05, 0.1) is 0 Å². The molecule has 0 aliphatic carbocycles. The Bertz CT molecular complexity index is 1280. The van der Waals surface area contributed by atoms with Crippen LogP contribution in [-0.4, -0.2) is 50.7 Å². The Hall–Kier alpha value is -3.39. The molecule has 41 heavy (non-hydrogen) atoms. The molecule has 9 heteroatoms. The summed E-state index contributed by atoms with van der Waals surface area (Å²) >= 11 is 6.43. The maximum absolute atomic E-state index is 12.2. The van der Waals surface area contributed by atoms with Crippen molar-refractivity contribution in [1.82, 2.24) is 10.6 Å². The van der Waals surface area contributed by atoms with Crippen LogP contribution < -0.4 is 20.1 Å². The molecule has 0 saturated heterocycles. The topological polar surface area (TPSA) is 95.1 Å². The minimum atomic E-state index is -0.442. The van der Waals surface area contributed by atoms with Gasteiger partial charge in [-0.15, -0.1) is 0 Å². The highest BCUT2D eigenvalue weighted by atomic mass is 35.5. The molecule has 2 amide bonds. The van der Waals surface area contributed by atoms with Crippen LogP contribution in [0.1, 0.15) is 66.2 Å². The Balaban J connectivity index is 1.86. The van der Waals surface area contributed by atoms with Gasteiger partial charge in [0, 0.05) is 39.7 Å². The van der Waals surface area contributed by atoms with Crippen LogP contribution in [-0.2, 0) is 9.47 Å². The maximum Gasteiger partial charge on any atom is 0.407 e. The Labute approximate surface area is 248 Å². The van der Waals surface area contributed by atoms with Crippen molar-refractivity contribution in [3.63, 3.8) is 0 Å². The third-order valence-corrected chi connectivity index (χ3v) is 7.01. The zero-order valence-corrected chi connectivity index (χ0v) is 25.4. The van der Waals surface area contributed by atoms with E-state index in [0.29, 0.717) is 42.5 Å². The lowest BCUT2D eigenvalue weighted by Crippen LogP contribution is -2.32. The van der Waals surface area contributed by atoms with Crippen LogP contribution in [0.5, 0.6) is 11.5 Å². The van der Waals surface area contributed by atoms with Crippen molar-refractivity contribution in [3.8, 4) is 11.5 Å². The Kier molecular flexibility index (Phi) is 13.1. The van der Waals surface area contributed by atoms with Crippen LogP contribution in [0.2, 0.25) is 5.02 Å². The number of hydrogen-bond acceptors (Lipinski definition) is 6. The second-order valence-corrected chi connectivity index (χ2v) is 10.4. The molecule has 8 nitrogen and oxygen atoms in total. The van der Waals surface area contributed by atoms with Gasteiger partial charge >= 0.3 is 12.2 Å². The SMILES string of the molecule is CCCCNC(=O)OC(CC)COc1c2ccccc2c(OCC(CC)OC(=O)NCCCC)c2cc(Cl)ccc12. The predicted molar refractivity (Wildman–Crippen MR) is 164 cm³/mol. The average Bonchev–Trinajstić information content (AvgIpc) is 2.97. The normalized spacial score (nSPS) is 12.5. The highest BCUT2D eigenvalue weighted by Crippen LogP contribution is 2.43. The number of unbranched alkanes of at least 4 members (excludes halogenated alkanes) is 2. The summed E-state index contributed by atoms with van der Waals surface area (Å²) < 4.78 is 24.0. The van der Waals surface area contributed by atoms with E-state index in [4.69, 9.17) is 30.5 Å². The van der Waals surface area contributed by atoms with E-state index in [0.717, 1.165) is 47.2 Å². The molecule has 3 aromatic rings. The largest absolute Gasteiger partial charge is 0.488 e. The number of hydrogen-bond donors (Lipinski definition) is 2. The molecule has 0 radical (unpaired) electrons. The molecule has 3 aromatic carbocycles. The summed E-state index contributed by atoms with van der Waals surface area (Å²) in [4.78, 5) is 24.5. The lowest BCUT2D eigenvalue weighted by molar-refractivity contribution is 0.0628. The first kappa shape index (κ1) is 32.1. The zero-order chi connectivity index (χ0) is 29.6. The molecule has 3 rings (SSSR count). The van der Waals surface area contributed by atoms with E-state index in [2.05, 4.69) is 24.5 Å². The third kappa shape index (κ3) is 9.32. The Morgan fingerprint density at radius 2 is 1.17 bits per heavy atom. The van der Waals surface area contributed by atoms with Crippen LogP contribution in [0.3, 0.4) is 0 Å². The van der Waals surface area contributed by atoms with Crippen molar-refractivity contribution in [2.45, 2.75) is 78.4 Å². The Morgan fingerprint density at radius 3 is 1.63 bits per heavy atom. The van der Waals surface area contributed by atoms with Gasteiger partial charge in [0.1, 0.15) is 36.9 Å². The molecular weight excluding hydrogens is 544 g/mol. The number of fused-ring (bicyclic) bond motifs is 2. The third-order valence-electron chi connectivity index (χ3n) is 6.77. The molecular formula is C32H43ClN2O6. The predicted octanol–water partition coefficient (Wildman–Crippen LogP) is 8.01. The lowest BCUT2D eigenvalue weighted by atomic mass is 10.0. The van der Waals surface area contributed by atoms with E-state index in [-0.39, 0.29) is 13.2 Å². The molecule has 0 aromatic heterocycles. The van der Waals surface area contributed by atoms with Crippen molar-refractivity contribution < 1.29 is 28.5 Å². The second-order valence-electron chi connectivity index (χ2n) is 9.95. The number of alkyl carbamates (subject to hydrolysis) is 2. The average molecular weight is 587 g/mol. The molecule has 0 bridgehead atoms. The Morgan fingerprint density at radius 1 is 0.707 bits per heavy atom. The molecule has 0 saturated carbocycles. The van der Waals surface area contributed by atoms with Crippen molar-refractivity contribution in [1.29, 1.82) is 0 Å². The molecule has 0 heterocycles. The number of halogens is 1. The number of carbonyl (C=O) groups excluding carboxylic acids is 2. The van der Waals surface area contributed by atoms with Gasteiger partial charge in [-0.2, -0.15) is 0 Å². The van der Waals surface area contributed by atoms with Crippen molar-refractivity contribution in [2.24, 2.45) is 0 Å². The maximum atomic E-state index is 12.2. The van der Waals surface area contributed by atoms with E-state index >= 15 is 0 Å². The van der Waals surface area contributed by atoms with E-state index in [1.54, 1.807) is 0 Å². The summed E-state index contributed by atoms with van der Waals surface area (Å²) in [6, 6.07) is 13.4. The second kappa shape index (κ2) is 16.8. The number of benzene rings is 3. The van der Waals surface area contributed by atoms with Gasteiger partial charge in [0.25, 0.3) is 0 Å². The van der Waals surface area contributed by atoms with Gasteiger partial charge in [-0.3, -0.25) is 0 Å². The standard InChI is InChI=1S/C32H43ClN2O6/c1-5-9-17-34-31(36)40-23(7-3)20-38-29-25-13-11-12-14-26(25)30(28-19-22(33)15-16-27(28)29)39-21-24(8-4)41-32(37)35-18-10-6-2/h11-16,19,23-24H,5-10,17-18,20-21H2,1-4H3,(H,34,36)(H,35,37). The van der Waals surface area contributed by atoms with Crippen molar-refractivity contribution in [3.05, 3.63) is 47.5 Å². The minimum Gasteiger partial charge on any atom is -0.488 e. The lowest BCUT2D eigenvalue weighted by Gasteiger charge is -2.22. The van der Waals surface area contributed by atoms with Gasteiger partial charge in [0.15, 0.2) is 0 Å². The smallest absolute Gasteiger partial charge is 0.407 e. The fourth-order valence-corrected chi connectivity index (χ4v) is 4.50. The number of amides is 2. The summed E-state index contributed by atoms with van der Waals surface area (Å²) in [5.41, 5.74) is 0. The first-order valence-electron chi connectivity index (χ1n) is 14.7. The van der Waals surface area contributed by atoms with Crippen LogP contribution in [0, 0.1) is 0 Å². The zero-order valence-electron chi connectivity index (χ0n) is 24.6. The molecule has 224 valence electrons. The fourth-order valence-electron chi connectivity index (χ4n) is 4.33. The van der Waals surface area contributed by atoms with Gasteiger partial charge < -0.3 is 29.6 Å². The number of carbonyl (C=O) groups is 2. The molecule has 0 aliphatic rings. The highest BCUT2D eigenvalue weighted by Gasteiger charge is 2.21. The number of nitrogens with one attached hydrogen (secondary N) is 2. The summed E-state index contributed by atoms with van der Waals surface area (Å²) in [7, 11) is 0. The molecule has 2 atom stereocenters. The van der Waals surface area contributed by atoms with Gasteiger partial charge in [-0.25, -0.2) is 9.59 Å². The van der Waals surface area contributed by atoms with Gasteiger partial charge in [-0.05, 0) is 43.9 Å². The van der Waals surface area contributed by atoms with E-state index in [9.17, 15) is 9.59 Å². The molecule has 2 unspecified atom stereocenters. The monoisotopic (exact) mass is 586 g/mol.